The van der Waals surface area contributed by atoms with E-state index in [0.29, 0.717) is 5.56 Å². The maximum absolute atomic E-state index is 12.2. The molecule has 1 nitrogen and oxygen atoms in total. The normalized spacial score (nSPS) is 11.0. The fourth-order valence-corrected chi connectivity index (χ4v) is 3.37. The van der Waals surface area contributed by atoms with Gasteiger partial charge in [-0.1, -0.05) is 36.4 Å². The Morgan fingerprint density at radius 1 is 1.00 bits per heavy atom. The molecule has 23 heavy (non-hydrogen) atoms. The highest BCUT2D eigenvalue weighted by atomic mass is 32.2. The van der Waals surface area contributed by atoms with Gasteiger partial charge in [0.2, 0.25) is 0 Å². The van der Waals surface area contributed by atoms with Crippen LogP contribution >= 0.6 is 23.1 Å². The fraction of sp³-hybridized carbons (Fsp3) is 0.0500. The largest absolute Gasteiger partial charge is 0.289 e. The summed E-state index contributed by atoms with van der Waals surface area (Å²) in [6, 6.07) is 20.1. The summed E-state index contributed by atoms with van der Waals surface area (Å²) in [6.45, 7) is 0. The van der Waals surface area contributed by atoms with Crippen LogP contribution in [0.15, 0.2) is 77.0 Å². The zero-order valence-corrected chi connectivity index (χ0v) is 14.4. The number of carbonyl (C=O) groups is 1. The Bertz CT molecular complexity index is 798. The van der Waals surface area contributed by atoms with Crippen LogP contribution in [-0.2, 0) is 0 Å². The lowest BCUT2D eigenvalue weighted by molar-refractivity contribution is 0.104. The summed E-state index contributed by atoms with van der Waals surface area (Å²) in [7, 11) is 0. The van der Waals surface area contributed by atoms with Gasteiger partial charge in [-0.2, -0.15) is 0 Å². The Kier molecular flexibility index (Phi) is 5.11. The highest BCUT2D eigenvalue weighted by Gasteiger charge is 2.02. The standard InChI is InChI=1S/C20H16OS2/c1-22-18-11-9-16(10-12-18)19(21)13-6-15-4-7-17(8-5-15)20-3-2-14-23-20/h2-14H,1H3. The van der Waals surface area contributed by atoms with Crippen LogP contribution in [0, 0.1) is 0 Å². The van der Waals surface area contributed by atoms with Crippen LogP contribution in [0.3, 0.4) is 0 Å². The van der Waals surface area contributed by atoms with Crippen LogP contribution in [0.4, 0.5) is 0 Å². The van der Waals surface area contributed by atoms with Gasteiger partial charge < -0.3 is 0 Å². The first-order valence-corrected chi connectivity index (χ1v) is 9.37. The third-order valence-corrected chi connectivity index (χ3v) is 5.18. The molecule has 0 amide bonds. The maximum atomic E-state index is 12.2. The van der Waals surface area contributed by atoms with Gasteiger partial charge in [0, 0.05) is 15.3 Å². The molecule has 114 valence electrons. The monoisotopic (exact) mass is 336 g/mol. The van der Waals surface area contributed by atoms with Crippen LogP contribution in [0.2, 0.25) is 0 Å². The minimum atomic E-state index is 0.0278. The summed E-state index contributed by atoms with van der Waals surface area (Å²) in [4.78, 5) is 14.6. The van der Waals surface area contributed by atoms with Crippen molar-refractivity contribution in [3.8, 4) is 10.4 Å². The molecule has 0 spiro atoms. The van der Waals surface area contributed by atoms with E-state index in [1.807, 2.05) is 48.7 Å². The Morgan fingerprint density at radius 2 is 1.74 bits per heavy atom. The molecular weight excluding hydrogens is 320 g/mol. The van der Waals surface area contributed by atoms with Crippen LogP contribution < -0.4 is 0 Å². The lowest BCUT2D eigenvalue weighted by atomic mass is 10.1. The van der Waals surface area contributed by atoms with Crippen molar-refractivity contribution < 1.29 is 4.79 Å². The number of benzene rings is 2. The predicted molar refractivity (Wildman–Crippen MR) is 101 cm³/mol. The van der Waals surface area contributed by atoms with Crippen molar-refractivity contribution in [2.45, 2.75) is 4.90 Å². The summed E-state index contributed by atoms with van der Waals surface area (Å²) >= 11 is 3.40. The second kappa shape index (κ2) is 7.44. The molecule has 0 N–H and O–H groups in total. The average molecular weight is 336 g/mol. The first kappa shape index (κ1) is 15.8. The van der Waals surface area contributed by atoms with Gasteiger partial charge in [0.15, 0.2) is 5.78 Å². The minimum absolute atomic E-state index is 0.0278. The number of allylic oxidation sites excluding steroid dienone is 1. The van der Waals surface area contributed by atoms with E-state index < -0.39 is 0 Å². The first-order chi connectivity index (χ1) is 11.3. The number of rotatable bonds is 5. The zero-order valence-electron chi connectivity index (χ0n) is 12.7. The third kappa shape index (κ3) is 4.01. The first-order valence-electron chi connectivity index (χ1n) is 7.27. The Labute approximate surface area is 144 Å². The molecule has 2 aromatic carbocycles. The van der Waals surface area contributed by atoms with Crippen molar-refractivity contribution in [1.82, 2.24) is 0 Å². The van der Waals surface area contributed by atoms with E-state index in [1.54, 1.807) is 29.2 Å². The molecule has 3 rings (SSSR count). The Balaban J connectivity index is 1.70. The maximum Gasteiger partial charge on any atom is 0.185 e. The topological polar surface area (TPSA) is 17.1 Å². The lowest BCUT2D eigenvalue weighted by Gasteiger charge is -2.00. The smallest absolute Gasteiger partial charge is 0.185 e. The highest BCUT2D eigenvalue weighted by Crippen LogP contribution is 2.25. The summed E-state index contributed by atoms with van der Waals surface area (Å²) in [5.74, 6) is 0.0278. The van der Waals surface area contributed by atoms with Gasteiger partial charge in [0.05, 0.1) is 0 Å². The average Bonchev–Trinajstić information content (AvgIpc) is 3.15. The van der Waals surface area contributed by atoms with Gasteiger partial charge in [-0.05, 0) is 59.2 Å². The third-order valence-electron chi connectivity index (χ3n) is 3.52. The molecule has 0 aliphatic rings. The molecular formula is C20H16OS2. The van der Waals surface area contributed by atoms with Crippen molar-refractivity contribution in [3.63, 3.8) is 0 Å². The molecule has 3 aromatic rings. The summed E-state index contributed by atoms with van der Waals surface area (Å²) in [5, 5.41) is 2.07. The Morgan fingerprint density at radius 3 is 2.35 bits per heavy atom. The number of thiophene rings is 1. The van der Waals surface area contributed by atoms with E-state index in [-0.39, 0.29) is 5.78 Å². The molecule has 0 radical (unpaired) electrons. The van der Waals surface area contributed by atoms with Crippen LogP contribution in [0.1, 0.15) is 15.9 Å². The molecule has 0 unspecified atom stereocenters. The molecule has 0 aliphatic heterocycles. The van der Waals surface area contributed by atoms with E-state index in [1.165, 1.54) is 10.4 Å². The van der Waals surface area contributed by atoms with Gasteiger partial charge in [0.1, 0.15) is 0 Å². The summed E-state index contributed by atoms with van der Waals surface area (Å²) in [6.07, 6.45) is 5.52. The number of ketones is 1. The van der Waals surface area contributed by atoms with Gasteiger partial charge in [-0.3, -0.25) is 4.79 Å². The van der Waals surface area contributed by atoms with Crippen molar-refractivity contribution >= 4 is 35.0 Å². The predicted octanol–water partition coefficient (Wildman–Crippen LogP) is 6.03. The molecule has 1 heterocycles. The van der Waals surface area contributed by atoms with Crippen LogP contribution in [-0.4, -0.2) is 12.0 Å². The van der Waals surface area contributed by atoms with Gasteiger partial charge in [-0.25, -0.2) is 0 Å². The number of thioether (sulfide) groups is 1. The van der Waals surface area contributed by atoms with E-state index in [9.17, 15) is 4.79 Å². The molecule has 0 saturated carbocycles. The summed E-state index contributed by atoms with van der Waals surface area (Å²) < 4.78 is 0. The van der Waals surface area contributed by atoms with E-state index in [2.05, 4.69) is 29.6 Å². The SMILES string of the molecule is CSc1ccc(C(=O)C=Cc2ccc(-c3cccs3)cc2)cc1. The molecule has 0 aliphatic carbocycles. The summed E-state index contributed by atoms with van der Waals surface area (Å²) in [5.41, 5.74) is 2.95. The molecule has 3 heteroatoms. The van der Waals surface area contributed by atoms with Crippen LogP contribution in [0.25, 0.3) is 16.5 Å². The van der Waals surface area contributed by atoms with Crippen LogP contribution in [0.5, 0.6) is 0 Å². The Hall–Kier alpha value is -2.10. The lowest BCUT2D eigenvalue weighted by Crippen LogP contribution is -1.93. The van der Waals surface area contributed by atoms with E-state index in [0.717, 1.165) is 10.5 Å². The van der Waals surface area contributed by atoms with Crippen molar-refractivity contribution in [1.29, 1.82) is 0 Å². The number of hydrogen-bond donors (Lipinski definition) is 0. The highest BCUT2D eigenvalue weighted by molar-refractivity contribution is 7.98. The van der Waals surface area contributed by atoms with Crippen molar-refractivity contribution in [3.05, 3.63) is 83.2 Å². The van der Waals surface area contributed by atoms with Crippen molar-refractivity contribution in [2.24, 2.45) is 0 Å². The van der Waals surface area contributed by atoms with Gasteiger partial charge in [-0.15, -0.1) is 23.1 Å². The zero-order chi connectivity index (χ0) is 16.1. The fourth-order valence-electron chi connectivity index (χ4n) is 2.22. The van der Waals surface area contributed by atoms with Gasteiger partial charge >= 0.3 is 0 Å². The molecule has 0 fully saturated rings. The van der Waals surface area contributed by atoms with E-state index >= 15 is 0 Å². The second-order valence-corrected chi connectivity index (χ2v) is 6.85. The quantitative estimate of drug-likeness (QED) is 0.321. The van der Waals surface area contributed by atoms with Gasteiger partial charge in [0.25, 0.3) is 0 Å². The minimum Gasteiger partial charge on any atom is -0.289 e. The molecule has 0 bridgehead atoms. The van der Waals surface area contributed by atoms with E-state index in [4.69, 9.17) is 0 Å². The van der Waals surface area contributed by atoms with Crippen molar-refractivity contribution in [2.75, 3.05) is 6.26 Å². The molecule has 0 atom stereocenters. The number of hydrogen-bond acceptors (Lipinski definition) is 3. The molecule has 1 aromatic heterocycles. The molecule has 0 saturated heterocycles. The second-order valence-electron chi connectivity index (χ2n) is 5.03. The number of carbonyl (C=O) groups excluding carboxylic acids is 1.